The maximum absolute atomic E-state index is 12.7. The molecule has 3 aromatic rings. The van der Waals surface area contributed by atoms with Gasteiger partial charge in [-0.25, -0.2) is 8.42 Å². The molecule has 0 bridgehead atoms. The molecule has 0 heterocycles. The van der Waals surface area contributed by atoms with Crippen LogP contribution in [-0.2, 0) is 16.4 Å². The first-order valence-electron chi connectivity index (χ1n) is 8.05. The lowest BCUT2D eigenvalue weighted by molar-refractivity contribution is 0.288. The number of halogens is 1. The Balaban J connectivity index is 2.08. The summed E-state index contributed by atoms with van der Waals surface area (Å²) in [6.07, 6.45) is 0.922. The fourth-order valence-corrected chi connectivity index (χ4v) is 4.11. The van der Waals surface area contributed by atoms with Crippen molar-refractivity contribution in [3.8, 4) is 5.75 Å². The summed E-state index contributed by atoms with van der Waals surface area (Å²) in [4.78, 5) is 0.148. The van der Waals surface area contributed by atoms with E-state index in [1.54, 1.807) is 42.5 Å². The second-order valence-corrected chi connectivity index (χ2v) is 8.46. The molecule has 26 heavy (non-hydrogen) atoms. The third-order valence-corrected chi connectivity index (χ3v) is 5.98. The van der Waals surface area contributed by atoms with Gasteiger partial charge in [0, 0.05) is 21.9 Å². The molecule has 0 aliphatic heterocycles. The Morgan fingerprint density at radius 1 is 1.00 bits per heavy atom. The number of nitrogens with one attached hydrogen (secondary N) is 1. The molecule has 136 valence electrons. The topological polar surface area (TPSA) is 86.6 Å². The predicted octanol–water partition coefficient (Wildman–Crippen LogP) is 4.03. The summed E-state index contributed by atoms with van der Waals surface area (Å²) in [6.45, 7) is -0.00772. The van der Waals surface area contributed by atoms with Gasteiger partial charge in [0.1, 0.15) is 5.75 Å². The summed E-state index contributed by atoms with van der Waals surface area (Å²) in [6, 6.07) is 15.0. The molecule has 0 unspecified atom stereocenters. The molecule has 5 nitrogen and oxygen atoms in total. The standard InChI is InChI=1S/C19H18BrNO4S/c20-14-7-9-15(10-8-14)26(24,25)21-18-12-13(4-3-11-22)19(23)17-6-2-1-5-16(17)18/h1-2,5-10,12,21-23H,3-4,11H2. The van der Waals surface area contributed by atoms with Gasteiger partial charge < -0.3 is 10.2 Å². The molecule has 0 aliphatic rings. The fourth-order valence-electron chi connectivity index (χ4n) is 2.78. The van der Waals surface area contributed by atoms with Crippen LogP contribution in [0, 0.1) is 0 Å². The predicted molar refractivity (Wildman–Crippen MR) is 106 cm³/mol. The molecule has 0 atom stereocenters. The van der Waals surface area contributed by atoms with E-state index in [0.29, 0.717) is 34.9 Å². The summed E-state index contributed by atoms with van der Waals surface area (Å²) in [5.41, 5.74) is 0.987. The van der Waals surface area contributed by atoms with Gasteiger partial charge in [-0.3, -0.25) is 4.72 Å². The third kappa shape index (κ3) is 3.85. The number of aryl methyl sites for hydroxylation is 1. The molecule has 3 N–H and O–H groups in total. The molecule has 0 saturated heterocycles. The molecular weight excluding hydrogens is 418 g/mol. The van der Waals surface area contributed by atoms with Crippen LogP contribution in [0.4, 0.5) is 5.69 Å². The Bertz CT molecular complexity index is 1030. The van der Waals surface area contributed by atoms with Crippen molar-refractivity contribution in [3.63, 3.8) is 0 Å². The van der Waals surface area contributed by atoms with E-state index in [0.717, 1.165) is 4.47 Å². The quantitative estimate of drug-likeness (QED) is 0.510. The van der Waals surface area contributed by atoms with Crippen LogP contribution in [0.25, 0.3) is 10.8 Å². The fraction of sp³-hybridized carbons (Fsp3) is 0.158. The van der Waals surface area contributed by atoms with E-state index in [1.165, 1.54) is 12.1 Å². The summed E-state index contributed by atoms with van der Waals surface area (Å²) in [5.74, 6) is 0.112. The molecule has 3 rings (SSSR count). The second-order valence-electron chi connectivity index (χ2n) is 5.86. The van der Waals surface area contributed by atoms with Crippen LogP contribution in [0.1, 0.15) is 12.0 Å². The number of aliphatic hydroxyl groups is 1. The lowest BCUT2D eigenvalue weighted by atomic mass is 10.0. The highest BCUT2D eigenvalue weighted by Crippen LogP contribution is 2.36. The molecule has 7 heteroatoms. The minimum absolute atomic E-state index is 0.00772. The van der Waals surface area contributed by atoms with Crippen LogP contribution in [-0.4, -0.2) is 25.2 Å². The maximum Gasteiger partial charge on any atom is 0.261 e. The van der Waals surface area contributed by atoms with E-state index in [-0.39, 0.29) is 17.3 Å². The highest BCUT2D eigenvalue weighted by molar-refractivity contribution is 9.10. The largest absolute Gasteiger partial charge is 0.507 e. The summed E-state index contributed by atoms with van der Waals surface area (Å²) in [5, 5.41) is 20.7. The number of anilines is 1. The van der Waals surface area contributed by atoms with E-state index in [2.05, 4.69) is 20.7 Å². The Labute approximate surface area is 160 Å². The molecule has 0 aromatic heterocycles. The van der Waals surface area contributed by atoms with Crippen LogP contribution >= 0.6 is 15.9 Å². The third-order valence-electron chi connectivity index (χ3n) is 4.07. The Morgan fingerprint density at radius 3 is 2.31 bits per heavy atom. The summed E-state index contributed by atoms with van der Waals surface area (Å²) >= 11 is 3.29. The molecule has 0 aliphatic carbocycles. The van der Waals surface area contributed by atoms with E-state index >= 15 is 0 Å². The normalized spacial score (nSPS) is 11.6. The van der Waals surface area contributed by atoms with E-state index in [9.17, 15) is 13.5 Å². The summed E-state index contributed by atoms with van der Waals surface area (Å²) < 4.78 is 28.9. The van der Waals surface area contributed by atoms with Gasteiger partial charge in [-0.15, -0.1) is 0 Å². The van der Waals surface area contributed by atoms with E-state index in [1.807, 2.05) is 0 Å². The molecule has 0 spiro atoms. The Morgan fingerprint density at radius 2 is 1.65 bits per heavy atom. The number of phenolic OH excluding ortho intramolecular Hbond substituents is 1. The van der Waals surface area contributed by atoms with Gasteiger partial charge in [-0.05, 0) is 48.7 Å². The van der Waals surface area contributed by atoms with Crippen LogP contribution in [0.3, 0.4) is 0 Å². The van der Waals surface area contributed by atoms with Gasteiger partial charge >= 0.3 is 0 Å². The number of hydrogen-bond donors (Lipinski definition) is 3. The molecule has 0 saturated carbocycles. The first-order chi connectivity index (χ1) is 12.4. The average Bonchev–Trinajstić information content (AvgIpc) is 2.63. The first kappa shape index (κ1) is 18.7. The number of hydrogen-bond acceptors (Lipinski definition) is 4. The zero-order chi connectivity index (χ0) is 18.7. The molecular formula is C19H18BrNO4S. The zero-order valence-electron chi connectivity index (χ0n) is 13.8. The van der Waals surface area contributed by atoms with Gasteiger partial charge in [0.15, 0.2) is 0 Å². The lowest BCUT2D eigenvalue weighted by Gasteiger charge is -2.15. The van der Waals surface area contributed by atoms with Gasteiger partial charge in [-0.1, -0.05) is 40.2 Å². The van der Waals surface area contributed by atoms with Crippen LogP contribution < -0.4 is 4.72 Å². The van der Waals surface area contributed by atoms with E-state index in [4.69, 9.17) is 5.11 Å². The highest BCUT2D eigenvalue weighted by atomic mass is 79.9. The van der Waals surface area contributed by atoms with Crippen LogP contribution in [0.2, 0.25) is 0 Å². The average molecular weight is 436 g/mol. The number of rotatable bonds is 6. The van der Waals surface area contributed by atoms with Crippen molar-refractivity contribution >= 4 is 42.4 Å². The zero-order valence-corrected chi connectivity index (χ0v) is 16.2. The number of benzene rings is 3. The number of phenols is 1. The van der Waals surface area contributed by atoms with Gasteiger partial charge in [0.2, 0.25) is 0 Å². The number of aliphatic hydroxyl groups excluding tert-OH is 1. The number of aromatic hydroxyl groups is 1. The number of sulfonamides is 1. The summed E-state index contributed by atoms with van der Waals surface area (Å²) in [7, 11) is -3.77. The van der Waals surface area contributed by atoms with Crippen molar-refractivity contribution in [2.75, 3.05) is 11.3 Å². The van der Waals surface area contributed by atoms with Gasteiger partial charge in [0.25, 0.3) is 10.0 Å². The van der Waals surface area contributed by atoms with Crippen molar-refractivity contribution in [1.29, 1.82) is 0 Å². The molecule has 0 fully saturated rings. The van der Waals surface area contributed by atoms with Crippen molar-refractivity contribution < 1.29 is 18.6 Å². The minimum atomic E-state index is -3.77. The second kappa shape index (κ2) is 7.65. The smallest absolute Gasteiger partial charge is 0.261 e. The SMILES string of the molecule is O=S(=O)(Nc1cc(CCCO)c(O)c2ccccc12)c1ccc(Br)cc1. The van der Waals surface area contributed by atoms with Crippen molar-refractivity contribution in [3.05, 3.63) is 64.6 Å². The Hall–Kier alpha value is -2.09. The van der Waals surface area contributed by atoms with E-state index < -0.39 is 10.0 Å². The Kier molecular flexibility index (Phi) is 5.50. The van der Waals surface area contributed by atoms with Gasteiger partial charge in [0.05, 0.1) is 10.6 Å². The highest BCUT2D eigenvalue weighted by Gasteiger charge is 2.18. The van der Waals surface area contributed by atoms with Crippen LogP contribution in [0.15, 0.2) is 64.0 Å². The molecule has 0 radical (unpaired) electrons. The van der Waals surface area contributed by atoms with Crippen molar-refractivity contribution in [2.24, 2.45) is 0 Å². The van der Waals surface area contributed by atoms with Crippen molar-refractivity contribution in [1.82, 2.24) is 0 Å². The first-order valence-corrected chi connectivity index (χ1v) is 10.3. The lowest BCUT2D eigenvalue weighted by Crippen LogP contribution is -2.13. The molecule has 3 aromatic carbocycles. The van der Waals surface area contributed by atoms with Gasteiger partial charge in [-0.2, -0.15) is 0 Å². The maximum atomic E-state index is 12.7. The number of fused-ring (bicyclic) bond motifs is 1. The van der Waals surface area contributed by atoms with Crippen molar-refractivity contribution in [2.45, 2.75) is 17.7 Å². The molecule has 0 amide bonds. The van der Waals surface area contributed by atoms with Crippen LogP contribution in [0.5, 0.6) is 5.75 Å². The minimum Gasteiger partial charge on any atom is -0.507 e. The monoisotopic (exact) mass is 435 g/mol.